The number of anilines is 2. The summed E-state index contributed by atoms with van der Waals surface area (Å²) in [5.74, 6) is -0.0974. The summed E-state index contributed by atoms with van der Waals surface area (Å²) in [6.45, 7) is 0. The average molecular weight is 269 g/mol. The largest absolute Gasteiger partial charge is 0.373 e. The van der Waals surface area contributed by atoms with Crippen molar-refractivity contribution in [3.63, 3.8) is 0 Å². The number of amides is 1. The lowest BCUT2D eigenvalue weighted by molar-refractivity contribution is -0.116. The standard InChI is InChI=1S/C15H15N3O2/c1-18-9-11(6-7-14(18)19)16-15(20)13-8-10-4-2-3-5-12(10)17-13/h2-7,9,13,17H,8H2,1H3,(H,16,20)/t13-/m0/s1. The van der Waals surface area contributed by atoms with Crippen LogP contribution in [0.25, 0.3) is 0 Å². The minimum absolute atomic E-state index is 0.0974. The lowest BCUT2D eigenvalue weighted by Crippen LogP contribution is -2.33. The molecule has 0 spiro atoms. The van der Waals surface area contributed by atoms with Crippen LogP contribution in [0.3, 0.4) is 0 Å². The normalized spacial score (nSPS) is 16.4. The molecule has 1 amide bonds. The van der Waals surface area contributed by atoms with Gasteiger partial charge in [-0.05, 0) is 17.7 Å². The lowest BCUT2D eigenvalue weighted by Gasteiger charge is -2.12. The first-order chi connectivity index (χ1) is 9.63. The minimum Gasteiger partial charge on any atom is -0.373 e. The molecule has 5 nitrogen and oxygen atoms in total. The number of hydrogen-bond acceptors (Lipinski definition) is 3. The second-order valence-electron chi connectivity index (χ2n) is 4.91. The maximum Gasteiger partial charge on any atom is 0.250 e. The minimum atomic E-state index is -0.273. The molecule has 1 aliphatic heterocycles. The second kappa shape index (κ2) is 4.85. The highest BCUT2D eigenvalue weighted by atomic mass is 16.2. The summed E-state index contributed by atoms with van der Waals surface area (Å²) in [6.07, 6.45) is 2.29. The van der Waals surface area contributed by atoms with Gasteiger partial charge in [0, 0.05) is 31.4 Å². The summed E-state index contributed by atoms with van der Waals surface area (Å²) in [7, 11) is 1.65. The van der Waals surface area contributed by atoms with Crippen LogP contribution in [0.15, 0.2) is 47.4 Å². The van der Waals surface area contributed by atoms with Gasteiger partial charge < -0.3 is 15.2 Å². The highest BCUT2D eigenvalue weighted by Gasteiger charge is 2.26. The molecule has 1 atom stereocenters. The first-order valence-corrected chi connectivity index (χ1v) is 6.45. The van der Waals surface area contributed by atoms with Gasteiger partial charge in [-0.3, -0.25) is 9.59 Å². The van der Waals surface area contributed by atoms with Crippen LogP contribution in [-0.4, -0.2) is 16.5 Å². The molecule has 0 bridgehead atoms. The number of aromatic nitrogens is 1. The van der Waals surface area contributed by atoms with Crippen molar-refractivity contribution in [1.29, 1.82) is 0 Å². The van der Waals surface area contributed by atoms with Crippen molar-refractivity contribution in [2.75, 3.05) is 10.6 Å². The van der Waals surface area contributed by atoms with Crippen LogP contribution in [0.2, 0.25) is 0 Å². The van der Waals surface area contributed by atoms with Crippen LogP contribution in [-0.2, 0) is 18.3 Å². The van der Waals surface area contributed by atoms with Gasteiger partial charge in [0.2, 0.25) is 11.5 Å². The van der Waals surface area contributed by atoms with Gasteiger partial charge in [-0.2, -0.15) is 0 Å². The summed E-state index contributed by atoms with van der Waals surface area (Å²) in [5.41, 5.74) is 2.67. The monoisotopic (exact) mass is 269 g/mol. The fraction of sp³-hybridized carbons (Fsp3) is 0.200. The Morgan fingerprint density at radius 2 is 2.10 bits per heavy atom. The zero-order valence-electron chi connectivity index (χ0n) is 11.1. The Labute approximate surface area is 116 Å². The van der Waals surface area contributed by atoms with Crippen molar-refractivity contribution in [2.24, 2.45) is 7.05 Å². The fourth-order valence-electron chi connectivity index (χ4n) is 2.35. The molecule has 0 saturated carbocycles. The second-order valence-corrected chi connectivity index (χ2v) is 4.91. The molecule has 1 aromatic carbocycles. The zero-order chi connectivity index (χ0) is 14.1. The van der Waals surface area contributed by atoms with E-state index in [9.17, 15) is 9.59 Å². The van der Waals surface area contributed by atoms with E-state index in [1.54, 1.807) is 19.3 Å². The van der Waals surface area contributed by atoms with E-state index in [0.717, 1.165) is 11.3 Å². The van der Waals surface area contributed by atoms with Gasteiger partial charge in [0.15, 0.2) is 0 Å². The van der Waals surface area contributed by atoms with Crippen molar-refractivity contribution < 1.29 is 4.79 Å². The Kier molecular flexibility index (Phi) is 3.02. The SMILES string of the molecule is Cn1cc(NC(=O)[C@@H]2Cc3ccccc3N2)ccc1=O. The van der Waals surface area contributed by atoms with Crippen LogP contribution in [0, 0.1) is 0 Å². The molecular weight excluding hydrogens is 254 g/mol. The molecule has 20 heavy (non-hydrogen) atoms. The predicted molar refractivity (Wildman–Crippen MR) is 77.9 cm³/mol. The third-order valence-electron chi connectivity index (χ3n) is 3.44. The number of aryl methyl sites for hydroxylation is 1. The first-order valence-electron chi connectivity index (χ1n) is 6.45. The molecule has 3 rings (SSSR count). The molecule has 2 aromatic rings. The van der Waals surface area contributed by atoms with E-state index in [-0.39, 0.29) is 17.5 Å². The Morgan fingerprint density at radius 1 is 1.30 bits per heavy atom. The summed E-state index contributed by atoms with van der Waals surface area (Å²) in [4.78, 5) is 23.5. The molecule has 102 valence electrons. The molecule has 1 aromatic heterocycles. The van der Waals surface area contributed by atoms with E-state index in [1.807, 2.05) is 24.3 Å². The number of benzene rings is 1. The quantitative estimate of drug-likeness (QED) is 0.865. The van der Waals surface area contributed by atoms with Crippen LogP contribution in [0.1, 0.15) is 5.56 Å². The molecule has 2 heterocycles. The summed E-state index contributed by atoms with van der Waals surface area (Å²) >= 11 is 0. The van der Waals surface area contributed by atoms with E-state index in [4.69, 9.17) is 0 Å². The van der Waals surface area contributed by atoms with Crippen molar-refractivity contribution in [3.8, 4) is 0 Å². The summed E-state index contributed by atoms with van der Waals surface area (Å²) in [6, 6.07) is 10.7. The molecule has 0 saturated heterocycles. The number of nitrogens with zero attached hydrogens (tertiary/aromatic N) is 1. The Hall–Kier alpha value is -2.56. The van der Waals surface area contributed by atoms with Crippen LogP contribution in [0.5, 0.6) is 0 Å². The highest BCUT2D eigenvalue weighted by Crippen LogP contribution is 2.25. The van der Waals surface area contributed by atoms with Crippen LogP contribution < -0.4 is 16.2 Å². The van der Waals surface area contributed by atoms with Crippen molar-refractivity contribution in [2.45, 2.75) is 12.5 Å². The lowest BCUT2D eigenvalue weighted by atomic mass is 10.1. The van der Waals surface area contributed by atoms with Gasteiger partial charge in [0.05, 0.1) is 5.69 Å². The van der Waals surface area contributed by atoms with Crippen LogP contribution in [0.4, 0.5) is 11.4 Å². The van der Waals surface area contributed by atoms with Crippen molar-refractivity contribution in [1.82, 2.24) is 4.57 Å². The molecule has 1 aliphatic rings. The smallest absolute Gasteiger partial charge is 0.250 e. The molecule has 5 heteroatoms. The van der Waals surface area contributed by atoms with Gasteiger partial charge in [-0.1, -0.05) is 18.2 Å². The molecule has 0 radical (unpaired) electrons. The first kappa shape index (κ1) is 12.5. The topological polar surface area (TPSA) is 63.1 Å². The van der Waals surface area contributed by atoms with E-state index in [1.165, 1.54) is 10.6 Å². The third-order valence-corrected chi connectivity index (χ3v) is 3.44. The number of fused-ring (bicyclic) bond motifs is 1. The third kappa shape index (κ3) is 2.30. The zero-order valence-corrected chi connectivity index (χ0v) is 11.1. The van der Waals surface area contributed by atoms with E-state index >= 15 is 0 Å². The Balaban J connectivity index is 1.72. The number of rotatable bonds is 2. The predicted octanol–water partition coefficient (Wildman–Crippen LogP) is 1.36. The summed E-state index contributed by atoms with van der Waals surface area (Å²) < 4.78 is 1.44. The van der Waals surface area contributed by atoms with Gasteiger partial charge in [-0.25, -0.2) is 0 Å². The van der Waals surface area contributed by atoms with Gasteiger partial charge >= 0.3 is 0 Å². The number of para-hydroxylation sites is 1. The Bertz CT molecular complexity index is 696. The molecular formula is C15H15N3O2. The van der Waals surface area contributed by atoms with Crippen molar-refractivity contribution >= 4 is 17.3 Å². The number of carbonyl (C=O) groups is 1. The van der Waals surface area contributed by atoms with Gasteiger partial charge in [-0.15, -0.1) is 0 Å². The number of nitrogens with one attached hydrogen (secondary N) is 2. The van der Waals surface area contributed by atoms with Crippen molar-refractivity contribution in [3.05, 3.63) is 58.5 Å². The average Bonchev–Trinajstić information content (AvgIpc) is 2.87. The van der Waals surface area contributed by atoms with E-state index in [0.29, 0.717) is 12.1 Å². The van der Waals surface area contributed by atoms with Gasteiger partial charge in [0.25, 0.3) is 0 Å². The number of hydrogen-bond donors (Lipinski definition) is 2. The Morgan fingerprint density at radius 3 is 2.85 bits per heavy atom. The maximum absolute atomic E-state index is 12.2. The fourth-order valence-corrected chi connectivity index (χ4v) is 2.35. The molecule has 0 aliphatic carbocycles. The highest BCUT2D eigenvalue weighted by molar-refractivity contribution is 5.97. The van der Waals surface area contributed by atoms with E-state index < -0.39 is 0 Å². The van der Waals surface area contributed by atoms with Gasteiger partial charge in [0.1, 0.15) is 6.04 Å². The number of pyridine rings is 1. The summed E-state index contributed by atoms with van der Waals surface area (Å²) in [5, 5.41) is 6.03. The number of carbonyl (C=O) groups excluding carboxylic acids is 1. The molecule has 0 fully saturated rings. The molecule has 2 N–H and O–H groups in total. The van der Waals surface area contributed by atoms with E-state index in [2.05, 4.69) is 10.6 Å². The molecule has 0 unspecified atom stereocenters. The maximum atomic E-state index is 12.2. The van der Waals surface area contributed by atoms with Crippen LogP contribution >= 0.6 is 0 Å².